The average molecular weight is 332 g/mol. The van der Waals surface area contributed by atoms with Crippen LogP contribution in [-0.2, 0) is 4.79 Å². The van der Waals surface area contributed by atoms with Gasteiger partial charge in [-0.1, -0.05) is 13.8 Å². The van der Waals surface area contributed by atoms with E-state index in [0.717, 1.165) is 30.6 Å². The topological polar surface area (TPSA) is 52.9 Å². The molecular formula is C20H32N2O2. The van der Waals surface area contributed by atoms with Crippen LogP contribution in [-0.4, -0.2) is 35.3 Å². The Hall–Kier alpha value is -1.06. The lowest BCUT2D eigenvalue weighted by Crippen LogP contribution is -2.61. The quantitative estimate of drug-likeness (QED) is 0.449. The number of hydrogen-bond acceptors (Lipinski definition) is 3. The zero-order valence-corrected chi connectivity index (χ0v) is 15.4. The van der Waals surface area contributed by atoms with E-state index in [9.17, 15) is 4.79 Å². The summed E-state index contributed by atoms with van der Waals surface area (Å²) in [5, 5.41) is 12.4. The molecule has 1 heterocycles. The fraction of sp³-hybridized carbons (Fsp3) is 0.900. The molecule has 0 aromatic carbocycles. The SMILES string of the molecule is CN1C(=O)CC[C@@]2(C)C1CC[C@@H]1[C@@H]2CC[C@]2(C)C(C=NO)CC[C@@H]12. The van der Waals surface area contributed by atoms with Crippen LogP contribution in [0.4, 0.5) is 0 Å². The van der Waals surface area contributed by atoms with Crippen molar-refractivity contribution in [3.63, 3.8) is 0 Å². The first-order valence-corrected chi connectivity index (χ1v) is 9.85. The molecule has 4 fully saturated rings. The summed E-state index contributed by atoms with van der Waals surface area (Å²) in [7, 11) is 2.03. The second-order valence-electron chi connectivity index (χ2n) is 9.47. The van der Waals surface area contributed by atoms with E-state index in [-0.39, 0.29) is 0 Å². The Morgan fingerprint density at radius 2 is 1.83 bits per heavy atom. The second kappa shape index (κ2) is 5.47. The molecular weight excluding hydrogens is 300 g/mol. The average Bonchev–Trinajstić information content (AvgIpc) is 2.89. The molecule has 1 saturated heterocycles. The summed E-state index contributed by atoms with van der Waals surface area (Å²) in [4.78, 5) is 14.3. The minimum atomic E-state index is 0.302. The molecule has 3 saturated carbocycles. The van der Waals surface area contributed by atoms with Gasteiger partial charge in [0.1, 0.15) is 0 Å². The van der Waals surface area contributed by atoms with Crippen LogP contribution in [0.3, 0.4) is 0 Å². The molecule has 1 N–H and O–H groups in total. The van der Waals surface area contributed by atoms with E-state index in [1.54, 1.807) is 6.21 Å². The molecule has 1 amide bonds. The third-order valence-electron chi connectivity index (χ3n) is 8.88. The molecule has 4 nitrogen and oxygen atoms in total. The normalized spacial score (nSPS) is 51.4. The van der Waals surface area contributed by atoms with Gasteiger partial charge < -0.3 is 10.1 Å². The van der Waals surface area contributed by atoms with Crippen molar-refractivity contribution in [2.45, 2.75) is 71.3 Å². The second-order valence-corrected chi connectivity index (χ2v) is 9.47. The Morgan fingerprint density at radius 3 is 2.58 bits per heavy atom. The number of piperidine rings is 1. The van der Waals surface area contributed by atoms with E-state index >= 15 is 0 Å². The Morgan fingerprint density at radius 1 is 1.08 bits per heavy atom. The van der Waals surface area contributed by atoms with E-state index < -0.39 is 0 Å². The molecule has 7 atom stereocenters. The van der Waals surface area contributed by atoms with Crippen molar-refractivity contribution in [2.24, 2.45) is 39.7 Å². The Labute approximate surface area is 145 Å². The fourth-order valence-corrected chi connectivity index (χ4v) is 7.52. The predicted octanol–water partition coefficient (Wildman–Crippen LogP) is 3.93. The lowest BCUT2D eigenvalue weighted by Gasteiger charge is -2.61. The van der Waals surface area contributed by atoms with E-state index in [1.807, 2.05) is 7.05 Å². The van der Waals surface area contributed by atoms with E-state index in [1.165, 1.54) is 38.5 Å². The van der Waals surface area contributed by atoms with E-state index in [0.29, 0.717) is 28.7 Å². The molecule has 0 spiro atoms. The summed E-state index contributed by atoms with van der Waals surface area (Å²) in [6.07, 6.45) is 11.0. The Bertz CT molecular complexity index is 562. The Kier molecular flexibility index (Phi) is 3.74. The van der Waals surface area contributed by atoms with Gasteiger partial charge in [-0.15, -0.1) is 5.16 Å². The van der Waals surface area contributed by atoms with Gasteiger partial charge in [0, 0.05) is 31.6 Å². The van der Waals surface area contributed by atoms with Gasteiger partial charge in [0.05, 0.1) is 0 Å². The van der Waals surface area contributed by atoms with Crippen LogP contribution in [0.2, 0.25) is 0 Å². The number of rotatable bonds is 1. The number of oxime groups is 1. The molecule has 4 rings (SSSR count). The minimum absolute atomic E-state index is 0.302. The zero-order chi connectivity index (χ0) is 17.1. The molecule has 3 aliphatic carbocycles. The first kappa shape index (κ1) is 16.4. The van der Waals surface area contributed by atoms with E-state index in [2.05, 4.69) is 23.9 Å². The number of nitrogens with zero attached hydrogens (tertiary/aromatic N) is 2. The third kappa shape index (κ3) is 2.04. The number of hydrogen-bond donors (Lipinski definition) is 1. The molecule has 0 aromatic rings. The van der Waals surface area contributed by atoms with Crippen LogP contribution >= 0.6 is 0 Å². The summed E-state index contributed by atoms with van der Waals surface area (Å²) >= 11 is 0. The molecule has 0 aromatic heterocycles. The maximum absolute atomic E-state index is 12.2. The van der Waals surface area contributed by atoms with Crippen LogP contribution in [0.25, 0.3) is 0 Å². The number of likely N-dealkylation sites (tertiary alicyclic amines) is 1. The molecule has 134 valence electrons. The van der Waals surface area contributed by atoms with Gasteiger partial charge in [-0.25, -0.2) is 0 Å². The summed E-state index contributed by atoms with van der Waals surface area (Å²) in [5.41, 5.74) is 0.614. The van der Waals surface area contributed by atoms with Gasteiger partial charge in [-0.3, -0.25) is 4.79 Å². The summed E-state index contributed by atoms with van der Waals surface area (Å²) in [5.74, 6) is 3.10. The highest BCUT2D eigenvalue weighted by atomic mass is 16.4. The molecule has 0 radical (unpaired) electrons. The van der Waals surface area contributed by atoms with Gasteiger partial charge in [-0.2, -0.15) is 0 Å². The first-order valence-electron chi connectivity index (χ1n) is 9.85. The van der Waals surface area contributed by atoms with Crippen molar-refractivity contribution < 1.29 is 10.0 Å². The van der Waals surface area contributed by atoms with Gasteiger partial charge in [-0.05, 0) is 73.5 Å². The highest BCUT2D eigenvalue weighted by Crippen LogP contribution is 2.65. The molecule has 4 aliphatic rings. The summed E-state index contributed by atoms with van der Waals surface area (Å²) in [6.45, 7) is 4.92. The van der Waals surface area contributed by atoms with Crippen LogP contribution in [0, 0.1) is 34.5 Å². The fourth-order valence-electron chi connectivity index (χ4n) is 7.52. The predicted molar refractivity (Wildman–Crippen MR) is 93.9 cm³/mol. The lowest BCUT2D eigenvalue weighted by molar-refractivity contribution is -0.157. The van der Waals surface area contributed by atoms with Crippen molar-refractivity contribution in [1.82, 2.24) is 4.90 Å². The van der Waals surface area contributed by atoms with Crippen LogP contribution in [0.5, 0.6) is 0 Å². The van der Waals surface area contributed by atoms with E-state index in [4.69, 9.17) is 5.21 Å². The summed E-state index contributed by atoms with van der Waals surface area (Å²) < 4.78 is 0. The molecule has 0 bridgehead atoms. The number of amides is 1. The lowest BCUT2D eigenvalue weighted by atomic mass is 9.47. The number of carbonyl (C=O) groups is 1. The third-order valence-corrected chi connectivity index (χ3v) is 8.88. The van der Waals surface area contributed by atoms with Gasteiger partial charge in [0.15, 0.2) is 0 Å². The standard InChI is InChI=1S/C20H32N2O2/c1-19-10-8-16-14(15(19)6-4-13(19)12-21-24)5-7-17-20(16,2)11-9-18(23)22(17)3/h12-17,24H,4-11H2,1-3H3/t13?,14-,15-,16-,17?,19+,20+/m0/s1. The first-order chi connectivity index (χ1) is 11.4. The number of fused-ring (bicyclic) bond motifs is 5. The number of carbonyl (C=O) groups excluding carboxylic acids is 1. The minimum Gasteiger partial charge on any atom is -0.411 e. The van der Waals surface area contributed by atoms with Gasteiger partial charge >= 0.3 is 0 Å². The van der Waals surface area contributed by atoms with Crippen molar-refractivity contribution in [3.05, 3.63) is 0 Å². The molecule has 2 unspecified atom stereocenters. The summed E-state index contributed by atoms with van der Waals surface area (Å²) in [6, 6.07) is 0.445. The van der Waals surface area contributed by atoms with Crippen molar-refractivity contribution in [1.29, 1.82) is 0 Å². The maximum Gasteiger partial charge on any atom is 0.222 e. The van der Waals surface area contributed by atoms with Crippen molar-refractivity contribution in [3.8, 4) is 0 Å². The zero-order valence-electron chi connectivity index (χ0n) is 15.4. The molecule has 4 heteroatoms. The van der Waals surface area contributed by atoms with Crippen LogP contribution in [0.1, 0.15) is 65.2 Å². The van der Waals surface area contributed by atoms with Gasteiger partial charge in [0.25, 0.3) is 0 Å². The van der Waals surface area contributed by atoms with Crippen molar-refractivity contribution in [2.75, 3.05) is 7.05 Å². The van der Waals surface area contributed by atoms with Gasteiger partial charge in [0.2, 0.25) is 5.91 Å². The van der Waals surface area contributed by atoms with Crippen molar-refractivity contribution >= 4 is 12.1 Å². The van der Waals surface area contributed by atoms with Crippen LogP contribution < -0.4 is 0 Å². The smallest absolute Gasteiger partial charge is 0.222 e. The Balaban J connectivity index is 1.63. The highest BCUT2D eigenvalue weighted by molar-refractivity contribution is 5.77. The molecule has 1 aliphatic heterocycles. The van der Waals surface area contributed by atoms with Crippen LogP contribution in [0.15, 0.2) is 5.16 Å². The highest BCUT2D eigenvalue weighted by Gasteiger charge is 2.60. The largest absolute Gasteiger partial charge is 0.411 e. The molecule has 24 heavy (non-hydrogen) atoms. The maximum atomic E-state index is 12.2. The monoisotopic (exact) mass is 332 g/mol.